The van der Waals surface area contributed by atoms with Crippen LogP contribution in [-0.4, -0.2) is 34.7 Å². The quantitative estimate of drug-likeness (QED) is 0.751. The zero-order valence-corrected chi connectivity index (χ0v) is 12.5. The van der Waals surface area contributed by atoms with Gasteiger partial charge in [-0.2, -0.15) is 0 Å². The Morgan fingerprint density at radius 3 is 2.74 bits per heavy atom. The molecular weight excluding hydrogens is 264 g/mol. The summed E-state index contributed by atoms with van der Waals surface area (Å²) in [5.41, 5.74) is 0.711. The number of ether oxygens (including phenoxy) is 1. The van der Waals surface area contributed by atoms with Crippen molar-refractivity contribution < 1.29 is 13.2 Å². The van der Waals surface area contributed by atoms with Gasteiger partial charge in [-0.25, -0.2) is 13.1 Å². The number of rotatable bonds is 8. The smallest absolute Gasteiger partial charge is 0.215 e. The third-order valence-corrected chi connectivity index (χ3v) is 3.97. The van der Waals surface area contributed by atoms with Crippen LogP contribution in [0.3, 0.4) is 0 Å². The van der Waals surface area contributed by atoms with Crippen molar-refractivity contribution in [3.05, 3.63) is 29.8 Å². The van der Waals surface area contributed by atoms with Gasteiger partial charge in [0, 0.05) is 12.6 Å². The Labute approximate surface area is 115 Å². The van der Waals surface area contributed by atoms with Gasteiger partial charge in [-0.15, -0.1) is 0 Å². The van der Waals surface area contributed by atoms with Crippen LogP contribution in [0.2, 0.25) is 0 Å². The summed E-state index contributed by atoms with van der Waals surface area (Å²) >= 11 is 0. The SMILES string of the molecule is CCN[C@H](C)CNS(=O)(=O)Cc1cccc(OC)c1. The van der Waals surface area contributed by atoms with Gasteiger partial charge in [-0.1, -0.05) is 19.1 Å². The van der Waals surface area contributed by atoms with Crippen molar-refractivity contribution in [3.8, 4) is 5.75 Å². The number of benzene rings is 1. The van der Waals surface area contributed by atoms with Crippen molar-refractivity contribution in [1.29, 1.82) is 0 Å². The summed E-state index contributed by atoms with van der Waals surface area (Å²) in [6.45, 7) is 5.14. The Hall–Kier alpha value is -1.11. The highest BCUT2D eigenvalue weighted by Gasteiger charge is 2.13. The Morgan fingerprint density at radius 2 is 2.11 bits per heavy atom. The molecule has 0 amide bonds. The number of hydrogen-bond donors (Lipinski definition) is 2. The molecule has 0 aliphatic heterocycles. The predicted octanol–water partition coefficient (Wildman–Crippen LogP) is 1.11. The Kier molecular flexibility index (Phi) is 6.27. The normalized spacial score (nSPS) is 13.2. The Morgan fingerprint density at radius 1 is 1.37 bits per heavy atom. The zero-order valence-electron chi connectivity index (χ0n) is 11.6. The minimum atomic E-state index is -3.32. The number of hydrogen-bond acceptors (Lipinski definition) is 4. The standard InChI is InChI=1S/C13H22N2O3S/c1-4-14-11(2)9-15-19(16,17)10-12-6-5-7-13(8-12)18-3/h5-8,11,14-15H,4,9-10H2,1-3H3/t11-/m1/s1. The van der Waals surface area contributed by atoms with Gasteiger partial charge in [0.15, 0.2) is 0 Å². The van der Waals surface area contributed by atoms with Crippen molar-refractivity contribution in [2.24, 2.45) is 0 Å². The molecule has 2 N–H and O–H groups in total. The third kappa shape index (κ3) is 6.04. The number of nitrogens with one attached hydrogen (secondary N) is 2. The molecule has 0 bridgehead atoms. The van der Waals surface area contributed by atoms with Crippen molar-refractivity contribution in [3.63, 3.8) is 0 Å². The van der Waals surface area contributed by atoms with E-state index in [-0.39, 0.29) is 11.8 Å². The van der Waals surface area contributed by atoms with Crippen molar-refractivity contribution >= 4 is 10.0 Å². The van der Waals surface area contributed by atoms with Crippen LogP contribution in [0.25, 0.3) is 0 Å². The minimum Gasteiger partial charge on any atom is -0.497 e. The first-order chi connectivity index (χ1) is 8.96. The second kappa shape index (κ2) is 7.47. The van der Waals surface area contributed by atoms with Crippen LogP contribution in [0.4, 0.5) is 0 Å². The van der Waals surface area contributed by atoms with Crippen LogP contribution < -0.4 is 14.8 Å². The third-order valence-electron chi connectivity index (χ3n) is 2.65. The number of likely N-dealkylation sites (N-methyl/N-ethyl adjacent to an activating group) is 1. The largest absolute Gasteiger partial charge is 0.497 e. The van der Waals surface area contributed by atoms with Gasteiger partial charge >= 0.3 is 0 Å². The van der Waals surface area contributed by atoms with Crippen molar-refractivity contribution in [2.45, 2.75) is 25.6 Å². The molecule has 0 aliphatic rings. The van der Waals surface area contributed by atoms with E-state index in [0.717, 1.165) is 6.54 Å². The molecule has 5 nitrogen and oxygen atoms in total. The van der Waals surface area contributed by atoms with Crippen LogP contribution in [0.15, 0.2) is 24.3 Å². The topological polar surface area (TPSA) is 67.4 Å². The molecule has 0 unspecified atom stereocenters. The van der Waals surface area contributed by atoms with Gasteiger partial charge < -0.3 is 10.1 Å². The molecule has 1 rings (SSSR count). The molecule has 0 saturated heterocycles. The second-order valence-electron chi connectivity index (χ2n) is 4.42. The van der Waals surface area contributed by atoms with Gasteiger partial charge in [0.1, 0.15) is 5.75 Å². The highest BCUT2D eigenvalue weighted by atomic mass is 32.2. The highest BCUT2D eigenvalue weighted by molar-refractivity contribution is 7.88. The predicted molar refractivity (Wildman–Crippen MR) is 76.8 cm³/mol. The van der Waals surface area contributed by atoms with E-state index >= 15 is 0 Å². The molecule has 0 saturated carbocycles. The first kappa shape index (κ1) is 15.9. The Balaban J connectivity index is 2.58. The summed E-state index contributed by atoms with van der Waals surface area (Å²) in [4.78, 5) is 0. The van der Waals surface area contributed by atoms with Crippen LogP contribution in [0.1, 0.15) is 19.4 Å². The molecular formula is C13H22N2O3S. The average Bonchev–Trinajstić information content (AvgIpc) is 2.37. The highest BCUT2D eigenvalue weighted by Crippen LogP contribution is 2.14. The van der Waals surface area contributed by atoms with Crippen LogP contribution in [-0.2, 0) is 15.8 Å². The molecule has 6 heteroatoms. The van der Waals surface area contributed by atoms with Gasteiger partial charge in [0.25, 0.3) is 0 Å². The van der Waals surface area contributed by atoms with E-state index in [0.29, 0.717) is 17.9 Å². The van der Waals surface area contributed by atoms with Gasteiger partial charge in [0.05, 0.1) is 12.9 Å². The molecule has 0 heterocycles. The lowest BCUT2D eigenvalue weighted by Gasteiger charge is -2.13. The summed E-state index contributed by atoms with van der Waals surface area (Å²) in [5, 5.41) is 3.15. The summed E-state index contributed by atoms with van der Waals surface area (Å²) in [6.07, 6.45) is 0. The molecule has 0 aromatic heterocycles. The summed E-state index contributed by atoms with van der Waals surface area (Å²) in [7, 11) is -1.76. The maximum atomic E-state index is 11.9. The van der Waals surface area contributed by atoms with E-state index < -0.39 is 10.0 Å². The van der Waals surface area contributed by atoms with Crippen molar-refractivity contribution in [2.75, 3.05) is 20.2 Å². The maximum absolute atomic E-state index is 11.9. The monoisotopic (exact) mass is 286 g/mol. The van der Waals surface area contributed by atoms with Crippen molar-refractivity contribution in [1.82, 2.24) is 10.0 Å². The lowest BCUT2D eigenvalue weighted by molar-refractivity contribution is 0.414. The van der Waals surface area contributed by atoms with E-state index in [2.05, 4.69) is 10.0 Å². The fraction of sp³-hybridized carbons (Fsp3) is 0.538. The second-order valence-corrected chi connectivity index (χ2v) is 6.22. The fourth-order valence-electron chi connectivity index (χ4n) is 1.71. The number of methoxy groups -OCH3 is 1. The van der Waals surface area contributed by atoms with E-state index in [9.17, 15) is 8.42 Å². The summed E-state index contributed by atoms with van der Waals surface area (Å²) < 4.78 is 31.5. The van der Waals surface area contributed by atoms with Crippen LogP contribution in [0, 0.1) is 0 Å². The van der Waals surface area contributed by atoms with Gasteiger partial charge in [-0.3, -0.25) is 0 Å². The van der Waals surface area contributed by atoms with E-state index in [1.54, 1.807) is 31.4 Å². The number of sulfonamides is 1. The van der Waals surface area contributed by atoms with E-state index in [1.807, 2.05) is 13.8 Å². The zero-order chi connectivity index (χ0) is 14.3. The molecule has 1 aromatic carbocycles. The van der Waals surface area contributed by atoms with Gasteiger partial charge in [-0.05, 0) is 31.2 Å². The maximum Gasteiger partial charge on any atom is 0.215 e. The molecule has 0 radical (unpaired) electrons. The lowest BCUT2D eigenvalue weighted by atomic mass is 10.2. The Bertz CT molecular complexity index is 488. The molecule has 19 heavy (non-hydrogen) atoms. The summed E-state index contributed by atoms with van der Waals surface area (Å²) in [6, 6.07) is 7.19. The first-order valence-electron chi connectivity index (χ1n) is 6.30. The van der Waals surface area contributed by atoms with E-state index in [1.165, 1.54) is 0 Å². The van der Waals surface area contributed by atoms with Crippen LogP contribution in [0.5, 0.6) is 5.75 Å². The lowest BCUT2D eigenvalue weighted by Crippen LogP contribution is -2.39. The molecule has 0 fully saturated rings. The first-order valence-corrected chi connectivity index (χ1v) is 7.95. The molecule has 0 spiro atoms. The van der Waals surface area contributed by atoms with Gasteiger partial charge in [0.2, 0.25) is 10.0 Å². The molecule has 1 atom stereocenters. The van der Waals surface area contributed by atoms with E-state index in [4.69, 9.17) is 4.74 Å². The summed E-state index contributed by atoms with van der Waals surface area (Å²) in [5.74, 6) is 0.622. The average molecular weight is 286 g/mol. The molecule has 1 aromatic rings. The van der Waals surface area contributed by atoms with Crippen LogP contribution >= 0.6 is 0 Å². The minimum absolute atomic E-state index is 0.0386. The molecule has 0 aliphatic carbocycles. The molecule has 108 valence electrons. The fourth-order valence-corrected chi connectivity index (χ4v) is 2.93.